The zero-order valence-corrected chi connectivity index (χ0v) is 26.8. The highest BCUT2D eigenvalue weighted by Gasteiger charge is 2.49. The fourth-order valence-corrected chi connectivity index (χ4v) is 6.19. The van der Waals surface area contributed by atoms with Crippen LogP contribution in [0.1, 0.15) is 22.8 Å². The quantitative estimate of drug-likeness (QED) is 0.197. The van der Waals surface area contributed by atoms with Gasteiger partial charge in [-0.25, -0.2) is 0 Å². The van der Waals surface area contributed by atoms with Crippen LogP contribution < -0.4 is 25.2 Å². The fourth-order valence-electron chi connectivity index (χ4n) is 5.82. The van der Waals surface area contributed by atoms with E-state index in [2.05, 4.69) is 26.6 Å². The number of nitro benzene ring substituents is 1. The Labute approximate surface area is 268 Å². The summed E-state index contributed by atoms with van der Waals surface area (Å²) in [7, 11) is 4.66. The predicted molar refractivity (Wildman–Crippen MR) is 176 cm³/mol. The molecule has 0 radical (unpaired) electrons. The topological polar surface area (TPSA) is 134 Å². The molecule has 1 unspecified atom stereocenters. The smallest absolute Gasteiger partial charge is 0.269 e. The minimum absolute atomic E-state index is 0.0849. The second-order valence-electron chi connectivity index (χ2n) is 10.8. The first-order valence-electron chi connectivity index (χ1n) is 14.2. The molecule has 2 N–H and O–H groups in total. The summed E-state index contributed by atoms with van der Waals surface area (Å²) in [5, 5.41) is 18.8. The summed E-state index contributed by atoms with van der Waals surface area (Å²) in [4.78, 5) is 56.1. The Morgan fingerprint density at radius 2 is 1.73 bits per heavy atom. The van der Waals surface area contributed by atoms with Gasteiger partial charge in [0.2, 0.25) is 11.8 Å². The van der Waals surface area contributed by atoms with Crippen LogP contribution in [0.5, 0.6) is 5.75 Å². The minimum atomic E-state index is -1.42. The number of hydrogen-bond acceptors (Lipinski definition) is 7. The lowest BCUT2D eigenvalue weighted by molar-refractivity contribution is -0.384. The Hall–Kier alpha value is -4.81. The number of methoxy groups -OCH3 is 1. The second-order valence-corrected chi connectivity index (χ2v) is 11.7. The summed E-state index contributed by atoms with van der Waals surface area (Å²) in [6.07, 6.45) is 0. The maximum atomic E-state index is 14.8. The van der Waals surface area contributed by atoms with E-state index in [4.69, 9.17) is 4.74 Å². The summed E-state index contributed by atoms with van der Waals surface area (Å²) in [5.41, 5.74) is 0.294. The Bertz CT molecular complexity index is 1810. The van der Waals surface area contributed by atoms with Crippen molar-refractivity contribution in [3.05, 3.63) is 105 Å². The molecule has 4 aromatic carbocycles. The van der Waals surface area contributed by atoms with Crippen LogP contribution in [0.2, 0.25) is 0 Å². The van der Waals surface area contributed by atoms with E-state index in [-0.39, 0.29) is 30.2 Å². The monoisotopic (exact) mass is 673 g/mol. The summed E-state index contributed by atoms with van der Waals surface area (Å²) < 4.78 is 6.66. The normalized spacial score (nSPS) is 16.0. The molecule has 0 fully saturated rings. The van der Waals surface area contributed by atoms with E-state index in [0.717, 1.165) is 20.8 Å². The van der Waals surface area contributed by atoms with Gasteiger partial charge < -0.3 is 25.2 Å². The highest BCUT2D eigenvalue weighted by atomic mass is 79.9. The number of para-hydroxylation sites is 2. The largest absolute Gasteiger partial charge is 0.496 e. The number of non-ortho nitro benzene ring substituents is 1. The molecule has 1 aliphatic rings. The number of ether oxygens (including phenoxy) is 1. The summed E-state index contributed by atoms with van der Waals surface area (Å²) in [6.45, 7) is 1.57. The molecule has 0 saturated heterocycles. The number of anilines is 2. The van der Waals surface area contributed by atoms with Gasteiger partial charge in [-0.2, -0.15) is 0 Å². The van der Waals surface area contributed by atoms with Crippen molar-refractivity contribution in [3.63, 3.8) is 0 Å². The molecule has 2 atom stereocenters. The highest BCUT2D eigenvalue weighted by Crippen LogP contribution is 2.40. The Morgan fingerprint density at radius 3 is 2.36 bits per heavy atom. The van der Waals surface area contributed by atoms with Crippen LogP contribution in [0.4, 0.5) is 17.1 Å². The number of fused-ring (bicyclic) bond motifs is 2. The fraction of sp³-hybridized carbons (Fsp3) is 0.242. The Kier molecular flexibility index (Phi) is 8.89. The molecule has 0 bridgehead atoms. The van der Waals surface area contributed by atoms with Crippen LogP contribution in [0.3, 0.4) is 0 Å². The van der Waals surface area contributed by atoms with Crippen molar-refractivity contribution in [2.75, 3.05) is 37.5 Å². The van der Waals surface area contributed by atoms with E-state index in [1.54, 1.807) is 50.2 Å². The number of carbonyl (C=O) groups excluding carboxylic acids is 3. The van der Waals surface area contributed by atoms with Crippen LogP contribution in [0.15, 0.2) is 83.3 Å². The number of nitro groups is 1. The zero-order valence-electron chi connectivity index (χ0n) is 25.2. The molecule has 1 heterocycles. The molecule has 0 aromatic heterocycles. The molecule has 3 amide bonds. The molecule has 4 aromatic rings. The van der Waals surface area contributed by atoms with Crippen molar-refractivity contribution in [2.45, 2.75) is 19.0 Å². The lowest BCUT2D eigenvalue weighted by atomic mass is 9.82. The standard InChI is InChI=1S/C33H32BrN5O6/c1-33(36-3,32(42)35-2)26-19-38(30(40)20-9-13-23(14-10-20)39(43)44)28-8-6-5-7-27(28)37(31(26)41)18-25-24-15-12-22(34)17-21(24)11-16-29(25)45-4/h5-17,26,36H,18-19H2,1-4H3,(H,35,42)/t26-,33?/m1/s1. The van der Waals surface area contributed by atoms with Crippen LogP contribution in [0, 0.1) is 16.0 Å². The minimum Gasteiger partial charge on any atom is -0.496 e. The number of carbonyl (C=O) groups is 3. The second kappa shape index (κ2) is 12.7. The number of amides is 3. The van der Waals surface area contributed by atoms with E-state index in [9.17, 15) is 24.5 Å². The Morgan fingerprint density at radius 1 is 1.04 bits per heavy atom. The van der Waals surface area contributed by atoms with Crippen LogP contribution >= 0.6 is 15.9 Å². The molecule has 12 heteroatoms. The van der Waals surface area contributed by atoms with Gasteiger partial charge >= 0.3 is 0 Å². The molecule has 45 heavy (non-hydrogen) atoms. The number of nitrogens with zero attached hydrogens (tertiary/aromatic N) is 3. The average Bonchev–Trinajstić information content (AvgIpc) is 3.18. The predicted octanol–water partition coefficient (Wildman–Crippen LogP) is 5.05. The van der Waals surface area contributed by atoms with Crippen LogP contribution in [-0.2, 0) is 16.1 Å². The third-order valence-corrected chi connectivity index (χ3v) is 8.96. The zero-order chi connectivity index (χ0) is 32.5. The maximum Gasteiger partial charge on any atom is 0.269 e. The van der Waals surface area contributed by atoms with Gasteiger partial charge in [-0.15, -0.1) is 0 Å². The molecule has 1 aliphatic heterocycles. The molecule has 0 aliphatic carbocycles. The van der Waals surface area contributed by atoms with Crippen molar-refractivity contribution in [1.82, 2.24) is 10.6 Å². The summed E-state index contributed by atoms with van der Waals surface area (Å²) in [6, 6.07) is 22.0. The van der Waals surface area contributed by atoms with Gasteiger partial charge in [0.05, 0.1) is 35.9 Å². The van der Waals surface area contributed by atoms with Gasteiger partial charge in [-0.1, -0.05) is 40.2 Å². The van der Waals surface area contributed by atoms with Crippen molar-refractivity contribution in [2.24, 2.45) is 5.92 Å². The first kappa shape index (κ1) is 31.6. The summed E-state index contributed by atoms with van der Waals surface area (Å²) >= 11 is 3.53. The molecule has 0 spiro atoms. The SMILES string of the molecule is CNC(=O)C(C)(NC)[C@@H]1CN(C(=O)c2ccc([N+](=O)[O-])cc2)c2ccccc2N(Cc2c(OC)ccc3cc(Br)ccc23)C1=O. The van der Waals surface area contributed by atoms with E-state index >= 15 is 0 Å². The molecule has 0 saturated carbocycles. The Balaban J connectivity index is 1.71. The number of halogens is 1. The van der Waals surface area contributed by atoms with E-state index in [0.29, 0.717) is 17.1 Å². The number of rotatable bonds is 8. The number of benzene rings is 4. The van der Waals surface area contributed by atoms with Crippen molar-refractivity contribution < 1.29 is 24.0 Å². The lowest BCUT2D eigenvalue weighted by Crippen LogP contribution is -2.63. The summed E-state index contributed by atoms with van der Waals surface area (Å²) in [5.74, 6) is -1.74. The first-order chi connectivity index (χ1) is 21.5. The molecule has 5 rings (SSSR count). The van der Waals surface area contributed by atoms with Crippen LogP contribution in [-0.4, -0.2) is 55.9 Å². The maximum absolute atomic E-state index is 14.8. The number of hydrogen-bond donors (Lipinski definition) is 2. The first-order valence-corrected chi connectivity index (χ1v) is 15.0. The van der Waals surface area contributed by atoms with Gasteiger partial charge in [-0.05, 0) is 67.2 Å². The number of likely N-dealkylation sites (N-methyl/N-ethyl adjacent to an activating group) is 2. The van der Waals surface area contributed by atoms with E-state index < -0.39 is 28.2 Å². The van der Waals surface area contributed by atoms with Gasteiger partial charge in [0, 0.05) is 41.3 Å². The highest BCUT2D eigenvalue weighted by molar-refractivity contribution is 9.10. The third-order valence-electron chi connectivity index (χ3n) is 8.46. The van der Waals surface area contributed by atoms with E-state index in [1.165, 1.54) is 36.2 Å². The van der Waals surface area contributed by atoms with Gasteiger partial charge in [0.25, 0.3) is 11.6 Å². The number of nitrogens with one attached hydrogen (secondary N) is 2. The van der Waals surface area contributed by atoms with Gasteiger partial charge in [-0.3, -0.25) is 24.5 Å². The lowest BCUT2D eigenvalue weighted by Gasteiger charge is -2.37. The van der Waals surface area contributed by atoms with Crippen molar-refractivity contribution >= 4 is 61.5 Å². The van der Waals surface area contributed by atoms with Crippen LogP contribution in [0.25, 0.3) is 10.8 Å². The average molecular weight is 675 g/mol. The molecular weight excluding hydrogens is 642 g/mol. The molecule has 232 valence electrons. The molecular formula is C33H32BrN5O6. The van der Waals surface area contributed by atoms with E-state index in [1.807, 2.05) is 30.3 Å². The van der Waals surface area contributed by atoms with Crippen molar-refractivity contribution in [1.29, 1.82) is 0 Å². The molecule has 11 nitrogen and oxygen atoms in total. The van der Waals surface area contributed by atoms with Gasteiger partial charge in [0.15, 0.2) is 0 Å². The third kappa shape index (κ3) is 5.74. The van der Waals surface area contributed by atoms with Gasteiger partial charge in [0.1, 0.15) is 11.3 Å². The van der Waals surface area contributed by atoms with Crippen molar-refractivity contribution in [3.8, 4) is 5.75 Å².